The van der Waals surface area contributed by atoms with Crippen LogP contribution in [-0.2, 0) is 19.5 Å². The van der Waals surface area contributed by atoms with Crippen LogP contribution in [0.1, 0.15) is 0 Å². The maximum atomic E-state index is 4.35. The average Bonchev–Trinajstić information content (AvgIpc) is 3.09. The quantitative estimate of drug-likeness (QED) is 0.122. The first-order valence-corrected chi connectivity index (χ1v) is 13.6. The first-order valence-electron chi connectivity index (χ1n) is 13.6. The summed E-state index contributed by atoms with van der Waals surface area (Å²) in [5, 5.41) is 6.83. The van der Waals surface area contributed by atoms with Gasteiger partial charge in [0.15, 0.2) is 0 Å². The second kappa shape index (κ2) is 12.7. The SMILES string of the molecule is [Ru+2].c1cnc2c(c1)ccc1cccnc12.c1cnc2c(c1)ccc1cccnc12.c1cnc2c(c1)ccc1cccnc12. The molecule has 0 spiro atoms. The zero-order chi connectivity index (χ0) is 28.1. The fourth-order valence-electron chi connectivity index (χ4n) is 5.04. The van der Waals surface area contributed by atoms with Crippen molar-refractivity contribution in [2.45, 2.75) is 0 Å². The maximum Gasteiger partial charge on any atom is 2.00 e. The molecule has 6 heterocycles. The molecule has 0 bridgehead atoms. The van der Waals surface area contributed by atoms with Crippen LogP contribution in [0, 0.1) is 0 Å². The van der Waals surface area contributed by atoms with E-state index < -0.39 is 0 Å². The molecule has 43 heavy (non-hydrogen) atoms. The fourth-order valence-corrected chi connectivity index (χ4v) is 5.04. The predicted octanol–water partition coefficient (Wildman–Crippen LogP) is 8.35. The molecule has 3 aromatic carbocycles. The van der Waals surface area contributed by atoms with E-state index >= 15 is 0 Å². The van der Waals surface area contributed by atoms with Crippen LogP contribution < -0.4 is 0 Å². The Hall–Kier alpha value is -5.26. The molecule has 7 heteroatoms. The monoisotopic (exact) mass is 642 g/mol. The van der Waals surface area contributed by atoms with E-state index in [0.29, 0.717) is 0 Å². The third kappa shape index (κ3) is 5.76. The number of hydrogen-bond acceptors (Lipinski definition) is 6. The molecule has 0 aliphatic heterocycles. The Kier molecular flexibility index (Phi) is 8.25. The van der Waals surface area contributed by atoms with E-state index in [-0.39, 0.29) is 19.5 Å². The molecule has 0 aliphatic rings. The number of pyridine rings is 6. The molecule has 6 aromatic heterocycles. The topological polar surface area (TPSA) is 77.3 Å². The van der Waals surface area contributed by atoms with Crippen molar-refractivity contribution < 1.29 is 19.5 Å². The second-order valence-corrected chi connectivity index (χ2v) is 9.65. The van der Waals surface area contributed by atoms with E-state index in [1.807, 2.05) is 36.4 Å². The van der Waals surface area contributed by atoms with Gasteiger partial charge in [0.05, 0.1) is 33.1 Å². The molecule has 0 aliphatic carbocycles. The van der Waals surface area contributed by atoms with Gasteiger partial charge in [-0.25, -0.2) is 0 Å². The summed E-state index contributed by atoms with van der Waals surface area (Å²) in [6.45, 7) is 0. The summed E-state index contributed by atoms with van der Waals surface area (Å²) in [6, 6.07) is 36.4. The van der Waals surface area contributed by atoms with Gasteiger partial charge in [-0.2, -0.15) is 0 Å². The molecule has 0 saturated carbocycles. The summed E-state index contributed by atoms with van der Waals surface area (Å²) in [5.41, 5.74) is 5.86. The van der Waals surface area contributed by atoms with Gasteiger partial charge in [0.1, 0.15) is 0 Å². The Morgan fingerprint density at radius 2 is 0.395 bits per heavy atom. The van der Waals surface area contributed by atoms with Gasteiger partial charge in [-0.3, -0.25) is 29.9 Å². The van der Waals surface area contributed by atoms with Crippen molar-refractivity contribution in [3.8, 4) is 0 Å². The first kappa shape index (κ1) is 27.9. The van der Waals surface area contributed by atoms with Crippen LogP contribution in [0.15, 0.2) is 146 Å². The van der Waals surface area contributed by atoms with Crippen LogP contribution in [0.4, 0.5) is 0 Å². The van der Waals surface area contributed by atoms with Crippen molar-refractivity contribution in [1.82, 2.24) is 29.9 Å². The smallest absolute Gasteiger partial charge is 0.254 e. The molecular weight excluding hydrogens is 618 g/mol. The zero-order valence-corrected chi connectivity index (χ0v) is 24.6. The molecular formula is C36H24N6Ru+2. The van der Waals surface area contributed by atoms with Crippen LogP contribution in [0.2, 0.25) is 0 Å². The Balaban J connectivity index is 0.000000113. The van der Waals surface area contributed by atoms with Gasteiger partial charge in [-0.05, 0) is 36.4 Å². The Labute approximate surface area is 260 Å². The van der Waals surface area contributed by atoms with E-state index in [1.165, 1.54) is 0 Å². The Morgan fingerprint density at radius 3 is 0.558 bits per heavy atom. The van der Waals surface area contributed by atoms with Gasteiger partial charge >= 0.3 is 19.5 Å². The standard InChI is InChI=1S/3C12H8N2.Ru/c3*1-3-9-5-6-10-4-2-8-14-12(10)11(9)13-7-1;/h3*1-8H;/q;;;+2. The summed E-state index contributed by atoms with van der Waals surface area (Å²) in [6.07, 6.45) is 10.8. The summed E-state index contributed by atoms with van der Waals surface area (Å²) in [4.78, 5) is 26.1. The first-order chi connectivity index (χ1) is 20.8. The minimum absolute atomic E-state index is 0. The van der Waals surface area contributed by atoms with Gasteiger partial charge in [0.2, 0.25) is 0 Å². The molecule has 0 N–H and O–H groups in total. The normalized spacial score (nSPS) is 10.6. The third-order valence-corrected chi connectivity index (χ3v) is 7.03. The molecule has 0 fully saturated rings. The van der Waals surface area contributed by atoms with Gasteiger partial charge in [0.25, 0.3) is 0 Å². The fraction of sp³-hybridized carbons (Fsp3) is 0. The molecule has 204 valence electrons. The van der Waals surface area contributed by atoms with E-state index in [0.717, 1.165) is 65.4 Å². The maximum absolute atomic E-state index is 4.35. The van der Waals surface area contributed by atoms with Crippen LogP contribution in [0.5, 0.6) is 0 Å². The summed E-state index contributed by atoms with van der Waals surface area (Å²) in [5.74, 6) is 0. The number of nitrogens with zero attached hydrogens (tertiary/aromatic N) is 6. The van der Waals surface area contributed by atoms with Crippen LogP contribution >= 0.6 is 0 Å². The predicted molar refractivity (Wildman–Crippen MR) is 171 cm³/mol. The summed E-state index contributed by atoms with van der Waals surface area (Å²) in [7, 11) is 0. The minimum Gasteiger partial charge on any atom is -0.254 e. The molecule has 0 saturated heterocycles. The Bertz CT molecular complexity index is 1910. The summed E-state index contributed by atoms with van der Waals surface area (Å²) < 4.78 is 0. The minimum atomic E-state index is 0. The molecule has 0 unspecified atom stereocenters. The van der Waals surface area contributed by atoms with Crippen LogP contribution in [0.25, 0.3) is 65.4 Å². The number of fused-ring (bicyclic) bond motifs is 9. The number of benzene rings is 3. The summed E-state index contributed by atoms with van der Waals surface area (Å²) >= 11 is 0. The van der Waals surface area contributed by atoms with E-state index in [1.54, 1.807) is 37.2 Å². The second-order valence-electron chi connectivity index (χ2n) is 9.65. The van der Waals surface area contributed by atoms with Crippen molar-refractivity contribution >= 4 is 65.4 Å². The van der Waals surface area contributed by atoms with Crippen molar-refractivity contribution in [3.05, 3.63) is 146 Å². The van der Waals surface area contributed by atoms with Gasteiger partial charge in [0, 0.05) is 69.5 Å². The van der Waals surface area contributed by atoms with Crippen molar-refractivity contribution in [1.29, 1.82) is 0 Å². The zero-order valence-electron chi connectivity index (χ0n) is 22.9. The van der Waals surface area contributed by atoms with E-state index in [4.69, 9.17) is 0 Å². The molecule has 9 rings (SSSR count). The van der Waals surface area contributed by atoms with E-state index in [9.17, 15) is 0 Å². The Morgan fingerprint density at radius 1 is 0.233 bits per heavy atom. The molecule has 6 nitrogen and oxygen atoms in total. The number of rotatable bonds is 0. The van der Waals surface area contributed by atoms with Gasteiger partial charge in [-0.1, -0.05) is 72.8 Å². The van der Waals surface area contributed by atoms with Crippen molar-refractivity contribution in [3.63, 3.8) is 0 Å². The van der Waals surface area contributed by atoms with Crippen molar-refractivity contribution in [2.75, 3.05) is 0 Å². The third-order valence-electron chi connectivity index (χ3n) is 7.03. The molecule has 0 amide bonds. The molecule has 0 radical (unpaired) electrons. The van der Waals surface area contributed by atoms with Crippen LogP contribution in [-0.4, -0.2) is 29.9 Å². The largest absolute Gasteiger partial charge is 2.00 e. The number of hydrogen-bond donors (Lipinski definition) is 0. The number of aromatic nitrogens is 6. The average molecular weight is 642 g/mol. The molecule has 9 aromatic rings. The van der Waals surface area contributed by atoms with Crippen molar-refractivity contribution in [2.24, 2.45) is 0 Å². The van der Waals surface area contributed by atoms with Gasteiger partial charge < -0.3 is 0 Å². The van der Waals surface area contributed by atoms with Gasteiger partial charge in [-0.15, -0.1) is 0 Å². The molecule has 0 atom stereocenters. The van der Waals surface area contributed by atoms with Crippen LogP contribution in [0.3, 0.4) is 0 Å². The van der Waals surface area contributed by atoms with E-state index in [2.05, 4.69) is 103 Å².